The van der Waals surface area contributed by atoms with Crippen molar-refractivity contribution in [3.05, 3.63) is 82.6 Å². The molecular formula is C33H30N2O6. The number of hydrogen-bond acceptors (Lipinski definition) is 5. The fourth-order valence-corrected chi connectivity index (χ4v) is 8.11. The number of hydrogen-bond donors (Lipinski definition) is 2. The van der Waals surface area contributed by atoms with Gasteiger partial charge in [0.25, 0.3) is 11.8 Å². The highest BCUT2D eigenvalue weighted by atomic mass is 16.4. The Morgan fingerprint density at radius 2 is 1.61 bits per heavy atom. The first-order chi connectivity index (χ1) is 19.7. The van der Waals surface area contributed by atoms with Crippen LogP contribution in [0.1, 0.15) is 65.8 Å². The largest absolute Gasteiger partial charge is 0.478 e. The van der Waals surface area contributed by atoms with Gasteiger partial charge in [-0.15, -0.1) is 0 Å². The Balaban J connectivity index is 1.14. The molecular weight excluding hydrogens is 520 g/mol. The number of aryl methyl sites for hydroxylation is 1. The number of barbiturate groups is 1. The number of nitrogens with zero attached hydrogens (tertiary/aromatic N) is 1. The van der Waals surface area contributed by atoms with Crippen molar-refractivity contribution in [1.29, 1.82) is 0 Å². The molecule has 1 aromatic heterocycles. The van der Waals surface area contributed by atoms with E-state index >= 15 is 0 Å². The first kappa shape index (κ1) is 25.5. The summed E-state index contributed by atoms with van der Waals surface area (Å²) < 4.78 is 5.89. The molecule has 0 atom stereocenters. The quantitative estimate of drug-likeness (QED) is 0.293. The molecule has 3 aromatic rings. The molecule has 5 aliphatic rings. The number of carboxylic acid groups (broad SMARTS) is 1. The maximum absolute atomic E-state index is 13.5. The lowest BCUT2D eigenvalue weighted by Crippen LogP contribution is -2.54. The van der Waals surface area contributed by atoms with Gasteiger partial charge in [-0.25, -0.2) is 14.5 Å². The summed E-state index contributed by atoms with van der Waals surface area (Å²) in [5.41, 5.74) is 3.24. The van der Waals surface area contributed by atoms with Gasteiger partial charge < -0.3 is 9.52 Å². The van der Waals surface area contributed by atoms with Gasteiger partial charge in [0, 0.05) is 5.56 Å². The van der Waals surface area contributed by atoms with Crippen LogP contribution in [0.15, 0.2) is 64.6 Å². The zero-order chi connectivity index (χ0) is 28.5. The SMILES string of the molecule is Cc1cc(C(=O)O)ccc1-c1ccc(/C=C2\C(=O)NC(=O)N(c3ccc(C45CC6CC(CC(C6)C4)C5)cc3)C2=O)o1. The molecule has 4 amide bonds. The third kappa shape index (κ3) is 4.29. The number of nitrogens with one attached hydrogen (secondary N) is 1. The Bertz CT molecular complexity index is 1610. The highest BCUT2D eigenvalue weighted by Crippen LogP contribution is 2.60. The van der Waals surface area contributed by atoms with Crippen LogP contribution in [0, 0.1) is 24.7 Å². The highest BCUT2D eigenvalue weighted by molar-refractivity contribution is 6.39. The van der Waals surface area contributed by atoms with E-state index in [1.54, 1.807) is 31.2 Å². The Kier molecular flexibility index (Phi) is 5.78. The van der Waals surface area contributed by atoms with Gasteiger partial charge in [0.2, 0.25) is 0 Å². The third-order valence-electron chi connectivity index (χ3n) is 9.53. The Hall–Kier alpha value is -4.46. The number of carbonyl (C=O) groups excluding carboxylic acids is 3. The number of furan rings is 1. The number of benzene rings is 2. The molecule has 4 aliphatic carbocycles. The van der Waals surface area contributed by atoms with Gasteiger partial charge in [0.05, 0.1) is 11.3 Å². The summed E-state index contributed by atoms with van der Waals surface area (Å²) in [6.07, 6.45) is 9.06. The van der Waals surface area contributed by atoms with Crippen molar-refractivity contribution in [2.24, 2.45) is 17.8 Å². The third-order valence-corrected chi connectivity index (χ3v) is 9.53. The maximum atomic E-state index is 13.5. The average Bonchev–Trinajstić information content (AvgIpc) is 3.39. The fraction of sp³-hybridized carbons (Fsp3) is 0.333. The van der Waals surface area contributed by atoms with E-state index in [0.29, 0.717) is 22.6 Å². The molecule has 2 N–H and O–H groups in total. The van der Waals surface area contributed by atoms with E-state index in [1.165, 1.54) is 56.2 Å². The lowest BCUT2D eigenvalue weighted by Gasteiger charge is -2.57. The minimum Gasteiger partial charge on any atom is -0.478 e. The van der Waals surface area contributed by atoms with Gasteiger partial charge in [-0.2, -0.15) is 0 Å². The number of amides is 4. The van der Waals surface area contributed by atoms with Crippen molar-refractivity contribution in [1.82, 2.24) is 5.32 Å². The van der Waals surface area contributed by atoms with Gasteiger partial charge >= 0.3 is 12.0 Å². The number of imide groups is 2. The highest BCUT2D eigenvalue weighted by Gasteiger charge is 2.51. The van der Waals surface area contributed by atoms with Gasteiger partial charge in [0.15, 0.2) is 0 Å². The number of anilines is 1. The smallest absolute Gasteiger partial charge is 0.335 e. The molecule has 5 fully saturated rings. The zero-order valence-electron chi connectivity index (χ0n) is 22.7. The van der Waals surface area contributed by atoms with E-state index in [0.717, 1.165) is 22.7 Å². The second-order valence-corrected chi connectivity index (χ2v) is 12.2. The summed E-state index contributed by atoms with van der Waals surface area (Å²) in [5.74, 6) is 0.614. The zero-order valence-corrected chi connectivity index (χ0v) is 22.7. The van der Waals surface area contributed by atoms with Crippen molar-refractivity contribution in [3.8, 4) is 11.3 Å². The van der Waals surface area contributed by atoms with E-state index in [2.05, 4.69) is 17.4 Å². The van der Waals surface area contributed by atoms with Crippen LogP contribution in [-0.2, 0) is 15.0 Å². The molecule has 4 bridgehead atoms. The van der Waals surface area contributed by atoms with Crippen LogP contribution in [0.3, 0.4) is 0 Å². The normalized spacial score (nSPS) is 27.9. The molecule has 0 spiro atoms. The summed E-state index contributed by atoms with van der Waals surface area (Å²) >= 11 is 0. The molecule has 1 aliphatic heterocycles. The van der Waals surface area contributed by atoms with E-state index < -0.39 is 23.8 Å². The number of urea groups is 1. The van der Waals surface area contributed by atoms with Crippen LogP contribution >= 0.6 is 0 Å². The molecule has 0 radical (unpaired) electrons. The van der Waals surface area contributed by atoms with Crippen LogP contribution in [0.25, 0.3) is 17.4 Å². The monoisotopic (exact) mass is 550 g/mol. The predicted octanol–water partition coefficient (Wildman–Crippen LogP) is 6.09. The summed E-state index contributed by atoms with van der Waals surface area (Å²) in [6, 6.07) is 15.0. The number of aromatic carboxylic acids is 1. The van der Waals surface area contributed by atoms with Crippen LogP contribution in [0.5, 0.6) is 0 Å². The van der Waals surface area contributed by atoms with Crippen molar-refractivity contribution in [2.75, 3.05) is 4.90 Å². The Morgan fingerprint density at radius 3 is 2.22 bits per heavy atom. The fourth-order valence-electron chi connectivity index (χ4n) is 8.11. The molecule has 2 heterocycles. The molecule has 8 nitrogen and oxygen atoms in total. The molecule has 41 heavy (non-hydrogen) atoms. The predicted molar refractivity (Wildman–Crippen MR) is 151 cm³/mol. The topological polar surface area (TPSA) is 117 Å². The minimum absolute atomic E-state index is 0.167. The summed E-state index contributed by atoms with van der Waals surface area (Å²) in [5, 5.41) is 11.5. The second-order valence-electron chi connectivity index (χ2n) is 12.2. The molecule has 0 unspecified atom stereocenters. The van der Waals surface area contributed by atoms with Crippen molar-refractivity contribution in [3.63, 3.8) is 0 Å². The first-order valence-corrected chi connectivity index (χ1v) is 14.2. The lowest BCUT2D eigenvalue weighted by molar-refractivity contribution is -0.122. The van der Waals surface area contributed by atoms with Crippen LogP contribution < -0.4 is 10.2 Å². The molecule has 4 saturated carbocycles. The van der Waals surface area contributed by atoms with Crippen molar-refractivity contribution < 1.29 is 28.7 Å². The minimum atomic E-state index is -1.02. The molecule has 208 valence electrons. The van der Waals surface area contributed by atoms with E-state index in [1.807, 2.05) is 12.1 Å². The summed E-state index contributed by atoms with van der Waals surface area (Å²) in [7, 11) is 0. The summed E-state index contributed by atoms with van der Waals surface area (Å²) in [4.78, 5) is 51.2. The molecule has 2 aromatic carbocycles. The van der Waals surface area contributed by atoms with E-state index in [4.69, 9.17) is 4.42 Å². The Labute approximate surface area is 237 Å². The number of carboxylic acids is 1. The Morgan fingerprint density at radius 1 is 0.951 bits per heavy atom. The lowest BCUT2D eigenvalue weighted by atomic mass is 9.48. The first-order valence-electron chi connectivity index (χ1n) is 14.2. The average molecular weight is 551 g/mol. The van der Waals surface area contributed by atoms with E-state index in [-0.39, 0.29) is 22.3 Å². The molecule has 1 saturated heterocycles. The van der Waals surface area contributed by atoms with Crippen LogP contribution in [-0.4, -0.2) is 28.9 Å². The van der Waals surface area contributed by atoms with Gasteiger partial charge in [-0.1, -0.05) is 18.2 Å². The van der Waals surface area contributed by atoms with Gasteiger partial charge in [-0.05, 0) is 122 Å². The molecule has 8 rings (SSSR count). The standard InChI is InChI=1S/C33H30N2O6/c1-18-10-22(31(38)39)2-8-26(18)28-9-7-25(41-28)14-27-29(36)34-32(40)35(30(27)37)24-5-3-23(4-6-24)33-15-19-11-20(16-33)13-21(12-19)17-33/h2-10,14,19-21H,11-13,15-17H2,1H3,(H,38,39)(H,34,36,40)/b27-14+. The van der Waals surface area contributed by atoms with Crippen LogP contribution in [0.4, 0.5) is 10.5 Å². The number of carbonyl (C=O) groups is 4. The maximum Gasteiger partial charge on any atom is 0.335 e. The van der Waals surface area contributed by atoms with Gasteiger partial charge in [-0.3, -0.25) is 14.9 Å². The molecule has 8 heteroatoms. The van der Waals surface area contributed by atoms with Crippen molar-refractivity contribution in [2.45, 2.75) is 50.9 Å². The van der Waals surface area contributed by atoms with E-state index in [9.17, 15) is 24.3 Å². The summed E-state index contributed by atoms with van der Waals surface area (Å²) in [6.45, 7) is 1.78. The van der Waals surface area contributed by atoms with Gasteiger partial charge in [0.1, 0.15) is 17.1 Å². The number of rotatable bonds is 5. The van der Waals surface area contributed by atoms with Crippen LogP contribution in [0.2, 0.25) is 0 Å². The second kappa shape index (κ2) is 9.29. The van der Waals surface area contributed by atoms with Crippen molar-refractivity contribution >= 4 is 35.6 Å².